The zero-order chi connectivity index (χ0) is 18.1. The molecule has 2 nitrogen and oxygen atoms in total. The molecule has 2 heterocycles. The van der Waals surface area contributed by atoms with Crippen molar-refractivity contribution in [3.8, 4) is 0 Å². The Kier molecular flexibility index (Phi) is 3.87. The van der Waals surface area contributed by atoms with E-state index in [1.807, 2.05) is 18.5 Å². The minimum Gasteiger partial charge on any atom is -0.254 e. The summed E-state index contributed by atoms with van der Waals surface area (Å²) in [6.45, 7) is 0. The number of hydrogen-bond acceptors (Lipinski definition) is 2. The van der Waals surface area contributed by atoms with Gasteiger partial charge in [-0.1, -0.05) is 78.9 Å². The second kappa shape index (κ2) is 6.65. The molecule has 128 valence electrons. The number of hydrogen-bond donors (Lipinski definition) is 0. The highest BCUT2D eigenvalue weighted by Crippen LogP contribution is 2.36. The lowest BCUT2D eigenvalue weighted by Crippen LogP contribution is -2.04. The van der Waals surface area contributed by atoms with Crippen molar-refractivity contribution in [2.24, 2.45) is 0 Å². The summed E-state index contributed by atoms with van der Waals surface area (Å²) >= 11 is 0. The molecule has 0 spiro atoms. The Morgan fingerprint density at radius 3 is 1.89 bits per heavy atom. The van der Waals surface area contributed by atoms with E-state index in [9.17, 15) is 0 Å². The van der Waals surface area contributed by atoms with Crippen molar-refractivity contribution < 1.29 is 0 Å². The molecule has 0 N–H and O–H groups in total. The highest BCUT2D eigenvalue weighted by atomic mass is 14.7. The van der Waals surface area contributed by atoms with E-state index in [-0.39, 0.29) is 5.92 Å². The molecule has 5 aromatic rings. The topological polar surface area (TPSA) is 25.8 Å². The summed E-state index contributed by atoms with van der Waals surface area (Å²) < 4.78 is 0. The lowest BCUT2D eigenvalue weighted by molar-refractivity contribution is 0.986. The van der Waals surface area contributed by atoms with Crippen molar-refractivity contribution in [2.75, 3.05) is 0 Å². The van der Waals surface area contributed by atoms with Crippen LogP contribution in [0.25, 0.3) is 21.8 Å². The van der Waals surface area contributed by atoms with Gasteiger partial charge in [-0.2, -0.15) is 0 Å². The van der Waals surface area contributed by atoms with Crippen LogP contribution in [-0.2, 0) is 0 Å². The van der Waals surface area contributed by atoms with Gasteiger partial charge in [-0.3, -0.25) is 9.97 Å². The maximum Gasteiger partial charge on any atom is 0.0967 e. The molecule has 0 unspecified atom stereocenters. The van der Waals surface area contributed by atoms with Gasteiger partial charge in [0.2, 0.25) is 0 Å². The van der Waals surface area contributed by atoms with Crippen LogP contribution in [0.15, 0.2) is 103 Å². The summed E-state index contributed by atoms with van der Waals surface area (Å²) in [4.78, 5) is 9.27. The maximum atomic E-state index is 4.68. The van der Waals surface area contributed by atoms with Crippen LogP contribution in [-0.4, -0.2) is 9.97 Å². The molecule has 2 heteroatoms. The summed E-state index contributed by atoms with van der Waals surface area (Å²) in [7, 11) is 0. The lowest BCUT2D eigenvalue weighted by Gasteiger charge is -2.20. The first kappa shape index (κ1) is 15.7. The molecule has 2 aromatic heterocycles. The number of benzene rings is 3. The van der Waals surface area contributed by atoms with Gasteiger partial charge < -0.3 is 0 Å². The van der Waals surface area contributed by atoms with Crippen molar-refractivity contribution in [1.82, 2.24) is 9.97 Å². The van der Waals surface area contributed by atoms with Crippen molar-refractivity contribution in [3.63, 3.8) is 0 Å². The molecule has 0 fully saturated rings. The Hall–Kier alpha value is -3.52. The van der Waals surface area contributed by atoms with E-state index in [1.165, 1.54) is 16.7 Å². The van der Waals surface area contributed by atoms with Gasteiger partial charge in [0.05, 0.1) is 11.0 Å². The minimum atomic E-state index is 0.152. The van der Waals surface area contributed by atoms with E-state index < -0.39 is 0 Å². The van der Waals surface area contributed by atoms with Gasteiger partial charge in [0.15, 0.2) is 0 Å². The number of aromatic nitrogens is 2. The van der Waals surface area contributed by atoms with Crippen LogP contribution in [0.4, 0.5) is 0 Å². The summed E-state index contributed by atoms with van der Waals surface area (Å²) in [5.74, 6) is 0.152. The van der Waals surface area contributed by atoms with Gasteiger partial charge in [0.25, 0.3) is 0 Å². The SMILES string of the molecule is c1ccc(C(c2ccccc2)c2ccnc3c2ccc2cccnc23)cc1. The number of fused-ring (bicyclic) bond motifs is 3. The van der Waals surface area contributed by atoms with Crippen LogP contribution in [0.2, 0.25) is 0 Å². The molecular weight excluding hydrogens is 328 g/mol. The van der Waals surface area contributed by atoms with Crippen LogP contribution in [0.3, 0.4) is 0 Å². The van der Waals surface area contributed by atoms with E-state index >= 15 is 0 Å². The average molecular weight is 346 g/mol. The van der Waals surface area contributed by atoms with Gasteiger partial charge in [0.1, 0.15) is 0 Å². The van der Waals surface area contributed by atoms with E-state index in [1.54, 1.807) is 0 Å². The monoisotopic (exact) mass is 346 g/mol. The third kappa shape index (κ3) is 2.76. The highest BCUT2D eigenvalue weighted by Gasteiger charge is 2.19. The molecule has 0 radical (unpaired) electrons. The summed E-state index contributed by atoms with van der Waals surface area (Å²) in [5, 5.41) is 2.27. The van der Waals surface area contributed by atoms with E-state index in [0.717, 1.165) is 21.8 Å². The third-order valence-electron chi connectivity index (χ3n) is 5.09. The maximum absolute atomic E-state index is 4.68. The number of rotatable bonds is 3. The van der Waals surface area contributed by atoms with E-state index in [2.05, 4.69) is 94.9 Å². The lowest BCUT2D eigenvalue weighted by atomic mass is 9.83. The van der Waals surface area contributed by atoms with Crippen LogP contribution in [0.1, 0.15) is 22.6 Å². The standard InChI is InChI=1S/C25H18N2/c1-3-8-18(9-4-1)23(19-10-5-2-6-11-19)21-15-17-27-25-22(21)14-13-20-12-7-16-26-24(20)25/h1-17,23H. The predicted molar refractivity (Wildman–Crippen MR) is 111 cm³/mol. The first-order valence-electron chi connectivity index (χ1n) is 9.14. The Morgan fingerprint density at radius 2 is 1.19 bits per heavy atom. The van der Waals surface area contributed by atoms with Crippen molar-refractivity contribution in [3.05, 3.63) is 120 Å². The average Bonchev–Trinajstić information content (AvgIpc) is 2.75. The molecular formula is C25H18N2. The summed E-state index contributed by atoms with van der Waals surface area (Å²) in [6, 6.07) is 31.8. The fourth-order valence-corrected chi connectivity index (χ4v) is 3.87. The molecule has 0 amide bonds. The van der Waals surface area contributed by atoms with E-state index in [0.29, 0.717) is 0 Å². The largest absolute Gasteiger partial charge is 0.254 e. The first-order chi connectivity index (χ1) is 13.4. The molecule has 27 heavy (non-hydrogen) atoms. The third-order valence-corrected chi connectivity index (χ3v) is 5.09. The Bertz CT molecular complexity index is 1170. The molecule has 0 aliphatic rings. The normalized spacial score (nSPS) is 11.3. The molecule has 0 bridgehead atoms. The molecule has 0 atom stereocenters. The number of pyridine rings is 2. The Balaban J connectivity index is 1.82. The van der Waals surface area contributed by atoms with Gasteiger partial charge in [-0.05, 0) is 28.8 Å². The zero-order valence-electron chi connectivity index (χ0n) is 14.8. The Labute approximate surface area is 158 Å². The van der Waals surface area contributed by atoms with Gasteiger partial charge in [-0.15, -0.1) is 0 Å². The summed E-state index contributed by atoms with van der Waals surface area (Å²) in [5.41, 5.74) is 5.72. The van der Waals surface area contributed by atoms with Crippen LogP contribution < -0.4 is 0 Å². The fourth-order valence-electron chi connectivity index (χ4n) is 3.87. The zero-order valence-corrected chi connectivity index (χ0v) is 14.8. The smallest absolute Gasteiger partial charge is 0.0967 e. The predicted octanol–water partition coefficient (Wildman–Crippen LogP) is 5.96. The van der Waals surface area contributed by atoms with Crippen LogP contribution >= 0.6 is 0 Å². The number of nitrogens with zero attached hydrogens (tertiary/aromatic N) is 2. The first-order valence-corrected chi connectivity index (χ1v) is 9.14. The molecule has 0 aliphatic heterocycles. The van der Waals surface area contributed by atoms with Crippen molar-refractivity contribution >= 4 is 21.8 Å². The molecule has 0 saturated carbocycles. The quantitative estimate of drug-likeness (QED) is 0.377. The van der Waals surface area contributed by atoms with Crippen molar-refractivity contribution in [1.29, 1.82) is 0 Å². The molecule has 0 aliphatic carbocycles. The fraction of sp³-hybridized carbons (Fsp3) is 0.0400. The second-order valence-corrected chi connectivity index (χ2v) is 6.69. The molecule has 3 aromatic carbocycles. The van der Waals surface area contributed by atoms with Crippen LogP contribution in [0.5, 0.6) is 0 Å². The van der Waals surface area contributed by atoms with Crippen LogP contribution in [0, 0.1) is 0 Å². The van der Waals surface area contributed by atoms with Gasteiger partial charge >= 0.3 is 0 Å². The van der Waals surface area contributed by atoms with Gasteiger partial charge in [0, 0.05) is 29.1 Å². The van der Waals surface area contributed by atoms with Gasteiger partial charge in [-0.25, -0.2) is 0 Å². The second-order valence-electron chi connectivity index (χ2n) is 6.69. The molecule has 0 saturated heterocycles. The van der Waals surface area contributed by atoms with E-state index in [4.69, 9.17) is 0 Å². The highest BCUT2D eigenvalue weighted by molar-refractivity contribution is 6.04. The molecule has 5 rings (SSSR count). The summed E-state index contributed by atoms with van der Waals surface area (Å²) in [6.07, 6.45) is 3.74. The Morgan fingerprint density at radius 1 is 0.519 bits per heavy atom. The van der Waals surface area contributed by atoms with Crippen molar-refractivity contribution in [2.45, 2.75) is 5.92 Å². The minimum absolute atomic E-state index is 0.152.